The van der Waals surface area contributed by atoms with Crippen LogP contribution in [0.4, 0.5) is 0 Å². The van der Waals surface area contributed by atoms with Crippen molar-refractivity contribution in [3.8, 4) is 0 Å². The third kappa shape index (κ3) is 4.31. The minimum absolute atomic E-state index is 0.631. The van der Waals surface area contributed by atoms with Crippen molar-refractivity contribution >= 4 is 0 Å². The number of aryl methyl sites for hydroxylation is 2. The van der Waals surface area contributed by atoms with Gasteiger partial charge in [-0.3, -0.25) is 4.90 Å². The molecule has 0 radical (unpaired) electrons. The Morgan fingerprint density at radius 1 is 1.29 bits per heavy atom. The summed E-state index contributed by atoms with van der Waals surface area (Å²) in [6.07, 6.45) is 2.50. The topological polar surface area (TPSA) is 15.3 Å². The van der Waals surface area contributed by atoms with Crippen LogP contribution in [0.1, 0.15) is 50.3 Å². The van der Waals surface area contributed by atoms with Crippen LogP contribution in [0.5, 0.6) is 0 Å². The van der Waals surface area contributed by atoms with Gasteiger partial charge < -0.3 is 5.32 Å². The van der Waals surface area contributed by atoms with Crippen LogP contribution in [-0.2, 0) is 6.54 Å². The molecule has 0 spiro atoms. The molecule has 0 aromatic heterocycles. The fourth-order valence-corrected chi connectivity index (χ4v) is 3.18. The Labute approximate surface area is 130 Å². The molecule has 3 atom stereocenters. The van der Waals surface area contributed by atoms with Gasteiger partial charge in [0.15, 0.2) is 0 Å². The van der Waals surface area contributed by atoms with Gasteiger partial charge in [0.1, 0.15) is 0 Å². The van der Waals surface area contributed by atoms with E-state index in [9.17, 15) is 0 Å². The summed E-state index contributed by atoms with van der Waals surface area (Å²) >= 11 is 0. The van der Waals surface area contributed by atoms with Gasteiger partial charge in [-0.05, 0) is 56.3 Å². The third-order valence-corrected chi connectivity index (χ3v) is 5.31. The highest BCUT2D eigenvalue weighted by Crippen LogP contribution is 2.19. The predicted octanol–water partition coefficient (Wildman–Crippen LogP) is 3.90. The number of nitrogens with zero attached hydrogens (tertiary/aromatic N) is 1. The van der Waals surface area contributed by atoms with E-state index >= 15 is 0 Å². The molecule has 21 heavy (non-hydrogen) atoms. The first-order chi connectivity index (χ1) is 10.0. The minimum atomic E-state index is 0.631. The van der Waals surface area contributed by atoms with Gasteiger partial charge in [-0.1, -0.05) is 38.5 Å². The average molecular weight is 288 g/mol. The van der Waals surface area contributed by atoms with Crippen molar-refractivity contribution < 1.29 is 0 Å². The van der Waals surface area contributed by atoms with Gasteiger partial charge in [-0.2, -0.15) is 0 Å². The van der Waals surface area contributed by atoms with Crippen LogP contribution >= 0.6 is 0 Å². The van der Waals surface area contributed by atoms with Crippen LogP contribution < -0.4 is 5.32 Å². The van der Waals surface area contributed by atoms with Crippen LogP contribution in [0.2, 0.25) is 0 Å². The summed E-state index contributed by atoms with van der Waals surface area (Å²) in [7, 11) is 0. The van der Waals surface area contributed by atoms with Crippen molar-refractivity contribution in [2.75, 3.05) is 13.1 Å². The molecule has 118 valence electrons. The van der Waals surface area contributed by atoms with Crippen LogP contribution in [0.25, 0.3) is 0 Å². The van der Waals surface area contributed by atoms with E-state index < -0.39 is 0 Å². The molecule has 1 fully saturated rings. The van der Waals surface area contributed by atoms with E-state index in [1.54, 1.807) is 0 Å². The normalized spacial score (nSPS) is 25.6. The van der Waals surface area contributed by atoms with E-state index in [0.29, 0.717) is 12.1 Å². The van der Waals surface area contributed by atoms with Crippen LogP contribution in [0, 0.1) is 19.8 Å². The molecule has 2 rings (SSSR count). The van der Waals surface area contributed by atoms with Crippen LogP contribution in [0.3, 0.4) is 0 Å². The maximum atomic E-state index is 3.76. The molecule has 1 aliphatic heterocycles. The van der Waals surface area contributed by atoms with Crippen LogP contribution in [0.15, 0.2) is 18.2 Å². The number of benzene rings is 1. The highest BCUT2D eigenvalue weighted by atomic mass is 15.2. The number of rotatable bonds is 4. The summed E-state index contributed by atoms with van der Waals surface area (Å²) in [6, 6.07) is 8.21. The average Bonchev–Trinajstić information content (AvgIpc) is 2.65. The molecule has 3 unspecified atom stereocenters. The molecule has 1 N–H and O–H groups in total. The summed E-state index contributed by atoms with van der Waals surface area (Å²) in [5, 5.41) is 3.76. The van der Waals surface area contributed by atoms with Crippen molar-refractivity contribution in [3.05, 3.63) is 34.9 Å². The Morgan fingerprint density at radius 3 is 2.71 bits per heavy atom. The quantitative estimate of drug-likeness (QED) is 0.904. The molecule has 2 nitrogen and oxygen atoms in total. The maximum Gasteiger partial charge on any atom is 0.0237 e. The van der Waals surface area contributed by atoms with E-state index in [-0.39, 0.29) is 0 Å². The molecular formula is C19H32N2. The molecule has 0 saturated carbocycles. The molecule has 2 heteroatoms. The molecule has 1 aromatic rings. The van der Waals surface area contributed by atoms with E-state index in [0.717, 1.165) is 19.0 Å². The highest BCUT2D eigenvalue weighted by molar-refractivity contribution is 5.29. The van der Waals surface area contributed by atoms with Gasteiger partial charge in [0.25, 0.3) is 0 Å². The second-order valence-electron chi connectivity index (χ2n) is 6.93. The Balaban J connectivity index is 2.09. The Bertz CT molecular complexity index is 455. The fraction of sp³-hybridized carbons (Fsp3) is 0.684. The Hall–Kier alpha value is -0.860. The standard InChI is InChI=1S/C19H32N2/c1-6-14(2)19-13-21(17(5)9-10-20-19)12-18-8-7-15(3)16(4)11-18/h7-8,11,14,17,19-20H,6,9-10,12-13H2,1-5H3. The SMILES string of the molecule is CCC(C)C1CN(Cc2ccc(C)c(C)c2)C(C)CCN1. The lowest BCUT2D eigenvalue weighted by Crippen LogP contribution is -2.43. The van der Waals surface area contributed by atoms with E-state index in [4.69, 9.17) is 0 Å². The summed E-state index contributed by atoms with van der Waals surface area (Å²) in [4.78, 5) is 2.67. The molecule has 0 bridgehead atoms. The molecule has 1 heterocycles. The molecule has 0 amide bonds. The molecule has 1 aliphatic rings. The zero-order valence-electron chi connectivity index (χ0n) is 14.4. The second kappa shape index (κ2) is 7.42. The van der Waals surface area contributed by atoms with Gasteiger partial charge in [0.2, 0.25) is 0 Å². The van der Waals surface area contributed by atoms with Crippen LogP contribution in [-0.4, -0.2) is 30.1 Å². The number of hydrogen-bond donors (Lipinski definition) is 1. The summed E-state index contributed by atoms with van der Waals surface area (Å²) < 4.78 is 0. The lowest BCUT2D eigenvalue weighted by Gasteiger charge is -2.31. The van der Waals surface area contributed by atoms with Crippen molar-refractivity contribution in [1.29, 1.82) is 0 Å². The molecular weight excluding hydrogens is 256 g/mol. The second-order valence-corrected chi connectivity index (χ2v) is 6.93. The van der Waals surface area contributed by atoms with Crippen molar-refractivity contribution in [2.45, 2.75) is 66.1 Å². The zero-order chi connectivity index (χ0) is 15.4. The highest BCUT2D eigenvalue weighted by Gasteiger charge is 2.25. The lowest BCUT2D eigenvalue weighted by molar-refractivity contribution is 0.180. The zero-order valence-corrected chi connectivity index (χ0v) is 14.4. The van der Waals surface area contributed by atoms with Crippen molar-refractivity contribution in [1.82, 2.24) is 10.2 Å². The van der Waals surface area contributed by atoms with E-state index in [1.165, 1.54) is 36.1 Å². The lowest BCUT2D eigenvalue weighted by atomic mass is 9.98. The van der Waals surface area contributed by atoms with Crippen molar-refractivity contribution in [3.63, 3.8) is 0 Å². The van der Waals surface area contributed by atoms with E-state index in [1.807, 2.05) is 0 Å². The van der Waals surface area contributed by atoms with Gasteiger partial charge in [-0.15, -0.1) is 0 Å². The molecule has 1 saturated heterocycles. The largest absolute Gasteiger partial charge is 0.312 e. The van der Waals surface area contributed by atoms with E-state index in [2.05, 4.69) is 63.0 Å². The van der Waals surface area contributed by atoms with Gasteiger partial charge in [0.05, 0.1) is 0 Å². The predicted molar refractivity (Wildman–Crippen MR) is 91.7 cm³/mol. The Morgan fingerprint density at radius 2 is 2.05 bits per heavy atom. The fourth-order valence-electron chi connectivity index (χ4n) is 3.18. The Kier molecular flexibility index (Phi) is 5.83. The van der Waals surface area contributed by atoms with Crippen molar-refractivity contribution in [2.24, 2.45) is 5.92 Å². The van der Waals surface area contributed by atoms with Gasteiger partial charge >= 0.3 is 0 Å². The number of hydrogen-bond acceptors (Lipinski definition) is 2. The summed E-state index contributed by atoms with van der Waals surface area (Å²) in [6.45, 7) is 14.9. The molecule has 1 aromatic carbocycles. The third-order valence-electron chi connectivity index (χ3n) is 5.31. The number of nitrogens with one attached hydrogen (secondary N) is 1. The minimum Gasteiger partial charge on any atom is -0.312 e. The first-order valence-corrected chi connectivity index (χ1v) is 8.54. The first kappa shape index (κ1) is 16.5. The monoisotopic (exact) mass is 288 g/mol. The maximum absolute atomic E-state index is 3.76. The smallest absolute Gasteiger partial charge is 0.0237 e. The van der Waals surface area contributed by atoms with Gasteiger partial charge in [0, 0.05) is 25.2 Å². The summed E-state index contributed by atoms with van der Waals surface area (Å²) in [5.74, 6) is 0.748. The molecule has 0 aliphatic carbocycles. The first-order valence-electron chi connectivity index (χ1n) is 8.54. The summed E-state index contributed by atoms with van der Waals surface area (Å²) in [5.41, 5.74) is 4.25. The van der Waals surface area contributed by atoms with Gasteiger partial charge in [-0.25, -0.2) is 0 Å².